The summed E-state index contributed by atoms with van der Waals surface area (Å²) in [4.78, 5) is 67.1. The number of likely N-dealkylation sites (N-methyl/N-ethyl adjacent to an activating group) is 1. The van der Waals surface area contributed by atoms with Crippen molar-refractivity contribution in [3.8, 4) is 0 Å². The molecule has 0 aromatic carbocycles. The molecule has 0 N–H and O–H groups in total. The van der Waals surface area contributed by atoms with E-state index in [-0.39, 0.29) is 32.8 Å². The molecule has 0 saturated heterocycles. The highest BCUT2D eigenvalue weighted by Gasteiger charge is 2.49. The summed E-state index contributed by atoms with van der Waals surface area (Å²) in [6.45, 7) is 7.42. The van der Waals surface area contributed by atoms with Crippen LogP contribution in [0.25, 0.3) is 0 Å². The summed E-state index contributed by atoms with van der Waals surface area (Å²) in [5.74, 6) is -4.12. The maximum atomic E-state index is 13.7. The van der Waals surface area contributed by atoms with Crippen molar-refractivity contribution in [2.45, 2.75) is 168 Å². The molecule has 0 fully saturated rings. The van der Waals surface area contributed by atoms with Crippen molar-refractivity contribution in [2.24, 2.45) is 0 Å². The fourth-order valence-corrected chi connectivity index (χ4v) is 5.09. The van der Waals surface area contributed by atoms with Gasteiger partial charge >= 0.3 is 29.8 Å². The Balaban J connectivity index is 5.72. The van der Waals surface area contributed by atoms with Crippen LogP contribution in [0.2, 0.25) is 0 Å². The van der Waals surface area contributed by atoms with E-state index in [2.05, 4.69) is 20.8 Å². The van der Waals surface area contributed by atoms with Crippen LogP contribution in [0.4, 0.5) is 0 Å². The first kappa shape index (κ1) is 46.3. The molecule has 0 spiro atoms. The van der Waals surface area contributed by atoms with Crippen molar-refractivity contribution in [2.75, 3.05) is 47.1 Å². The predicted molar refractivity (Wildman–Crippen MR) is 190 cm³/mol. The van der Waals surface area contributed by atoms with Gasteiger partial charge in [-0.3, -0.25) is 19.2 Å². The fraction of sp³-hybridized carbons (Fsp3) is 0.868. The Morgan fingerprint density at radius 3 is 1.24 bits per heavy atom. The number of hydrogen-bond donors (Lipinski definition) is 0. The molecule has 49 heavy (non-hydrogen) atoms. The van der Waals surface area contributed by atoms with Crippen LogP contribution in [-0.2, 0) is 47.7 Å². The third-order valence-electron chi connectivity index (χ3n) is 8.13. The molecule has 0 aliphatic carbocycles. The lowest BCUT2D eigenvalue weighted by Gasteiger charge is -2.30. The molecule has 0 aromatic rings. The lowest BCUT2D eigenvalue weighted by molar-refractivity contribution is -0.192. The quantitative estimate of drug-likeness (QED) is 0.0380. The van der Waals surface area contributed by atoms with Crippen molar-refractivity contribution in [1.82, 2.24) is 4.90 Å². The first-order valence-corrected chi connectivity index (χ1v) is 19.1. The number of ether oxygens (including phenoxy) is 5. The van der Waals surface area contributed by atoms with Gasteiger partial charge < -0.3 is 28.6 Å². The SMILES string of the molecule is CCCCCCCCOC(=O)CC(CC(=O)OCCCCCCCC)(OC(=O)CCC(=O)OCCN(C)C)C(=O)OCCCCCCCC. The normalized spacial score (nSPS) is 11.3. The van der Waals surface area contributed by atoms with Crippen molar-refractivity contribution in [3.05, 3.63) is 0 Å². The molecule has 0 atom stereocenters. The van der Waals surface area contributed by atoms with Crippen molar-refractivity contribution < 1.29 is 47.7 Å². The molecule has 0 bridgehead atoms. The van der Waals surface area contributed by atoms with Gasteiger partial charge in [0, 0.05) is 6.54 Å². The van der Waals surface area contributed by atoms with Crippen LogP contribution in [0, 0.1) is 0 Å². The molecule has 0 unspecified atom stereocenters. The average Bonchev–Trinajstić information content (AvgIpc) is 3.05. The van der Waals surface area contributed by atoms with Gasteiger partial charge in [-0.15, -0.1) is 0 Å². The molecule has 0 heterocycles. The van der Waals surface area contributed by atoms with Crippen LogP contribution in [0.3, 0.4) is 0 Å². The number of carbonyl (C=O) groups is 5. The van der Waals surface area contributed by atoms with Crippen molar-refractivity contribution in [1.29, 1.82) is 0 Å². The standard InChI is InChI=1S/C38H69NO10/c1-6-9-12-15-18-21-27-45-35(42)31-38(37(44)48-29-23-20-17-14-11-8-3,32-36(43)46-28-22-19-16-13-10-7-2)49-34(41)25-24-33(40)47-30-26-39(4)5/h6-32H2,1-5H3. The molecular weight excluding hydrogens is 630 g/mol. The first-order chi connectivity index (χ1) is 23.6. The number of rotatable bonds is 33. The minimum atomic E-state index is -2.29. The van der Waals surface area contributed by atoms with Gasteiger partial charge in [0.05, 0.1) is 45.5 Å². The first-order valence-electron chi connectivity index (χ1n) is 19.1. The second-order valence-corrected chi connectivity index (χ2v) is 13.2. The lowest BCUT2D eigenvalue weighted by atomic mass is 9.94. The number of esters is 5. The molecule has 0 amide bonds. The van der Waals surface area contributed by atoms with Gasteiger partial charge in [-0.1, -0.05) is 117 Å². The Morgan fingerprint density at radius 1 is 0.449 bits per heavy atom. The second-order valence-electron chi connectivity index (χ2n) is 13.2. The molecular formula is C38H69NO10. The van der Waals surface area contributed by atoms with E-state index in [1.54, 1.807) is 0 Å². The van der Waals surface area contributed by atoms with Crippen LogP contribution in [0.5, 0.6) is 0 Å². The Morgan fingerprint density at radius 2 is 0.816 bits per heavy atom. The average molecular weight is 700 g/mol. The third kappa shape index (κ3) is 26.8. The molecule has 286 valence electrons. The number of nitrogens with zero attached hydrogens (tertiary/aromatic N) is 1. The zero-order valence-electron chi connectivity index (χ0n) is 31.6. The molecule has 0 radical (unpaired) electrons. The van der Waals surface area contributed by atoms with Gasteiger partial charge in [0.15, 0.2) is 0 Å². The lowest BCUT2D eigenvalue weighted by Crippen LogP contribution is -2.49. The van der Waals surface area contributed by atoms with E-state index in [1.165, 1.54) is 0 Å². The fourth-order valence-electron chi connectivity index (χ4n) is 5.09. The minimum Gasteiger partial charge on any atom is -0.466 e. The second kappa shape index (κ2) is 31.3. The monoisotopic (exact) mass is 699 g/mol. The molecule has 0 aromatic heterocycles. The summed E-state index contributed by atoms with van der Waals surface area (Å²) in [6.07, 6.45) is 15.6. The number of hydrogen-bond acceptors (Lipinski definition) is 11. The minimum absolute atomic E-state index is 0.0437. The number of unbranched alkanes of at least 4 members (excludes halogenated alkanes) is 15. The van der Waals surface area contributed by atoms with Gasteiger partial charge in [0.25, 0.3) is 0 Å². The van der Waals surface area contributed by atoms with Gasteiger partial charge in [0.1, 0.15) is 6.61 Å². The Labute approximate surface area is 296 Å². The van der Waals surface area contributed by atoms with Crippen molar-refractivity contribution >= 4 is 29.8 Å². The Kier molecular flexibility index (Phi) is 29.6. The molecule has 11 nitrogen and oxygen atoms in total. The predicted octanol–water partition coefficient (Wildman–Crippen LogP) is 7.64. The van der Waals surface area contributed by atoms with Gasteiger partial charge in [-0.05, 0) is 33.4 Å². The molecule has 0 saturated carbocycles. The van der Waals surface area contributed by atoms with E-state index >= 15 is 0 Å². The Bertz CT molecular complexity index is 860. The molecule has 0 aliphatic rings. The number of carbonyl (C=O) groups excluding carboxylic acids is 5. The largest absolute Gasteiger partial charge is 0.466 e. The Hall–Kier alpha value is -2.69. The summed E-state index contributed by atoms with van der Waals surface area (Å²) in [5.41, 5.74) is -2.29. The van der Waals surface area contributed by atoms with E-state index in [9.17, 15) is 24.0 Å². The highest BCUT2D eigenvalue weighted by atomic mass is 16.6. The zero-order chi connectivity index (χ0) is 36.6. The van der Waals surface area contributed by atoms with Crippen LogP contribution in [0.1, 0.15) is 162 Å². The summed E-state index contributed by atoms with van der Waals surface area (Å²) in [6, 6.07) is 0. The van der Waals surface area contributed by atoms with Crippen molar-refractivity contribution in [3.63, 3.8) is 0 Å². The van der Waals surface area contributed by atoms with Crippen LogP contribution in [0.15, 0.2) is 0 Å². The van der Waals surface area contributed by atoms with E-state index in [0.717, 1.165) is 96.3 Å². The topological polar surface area (TPSA) is 135 Å². The maximum absolute atomic E-state index is 13.7. The van der Waals surface area contributed by atoms with Crippen LogP contribution in [-0.4, -0.2) is 87.4 Å². The van der Waals surface area contributed by atoms with Gasteiger partial charge in [0.2, 0.25) is 5.60 Å². The molecule has 0 rings (SSSR count). The maximum Gasteiger partial charge on any atom is 0.351 e. The van der Waals surface area contributed by atoms with E-state index < -0.39 is 54.7 Å². The van der Waals surface area contributed by atoms with E-state index in [4.69, 9.17) is 23.7 Å². The zero-order valence-corrected chi connectivity index (χ0v) is 31.6. The summed E-state index contributed by atoms with van der Waals surface area (Å²) < 4.78 is 27.2. The third-order valence-corrected chi connectivity index (χ3v) is 8.13. The molecule has 0 aliphatic heterocycles. The smallest absolute Gasteiger partial charge is 0.351 e. The van der Waals surface area contributed by atoms with Crippen LogP contribution < -0.4 is 0 Å². The summed E-state index contributed by atoms with van der Waals surface area (Å²) >= 11 is 0. The summed E-state index contributed by atoms with van der Waals surface area (Å²) in [5, 5.41) is 0. The van der Waals surface area contributed by atoms with E-state index in [0.29, 0.717) is 25.8 Å². The van der Waals surface area contributed by atoms with Crippen LogP contribution >= 0.6 is 0 Å². The molecule has 11 heteroatoms. The highest BCUT2D eigenvalue weighted by molar-refractivity contribution is 5.92. The van der Waals surface area contributed by atoms with Gasteiger partial charge in [-0.25, -0.2) is 4.79 Å². The van der Waals surface area contributed by atoms with Gasteiger partial charge in [-0.2, -0.15) is 0 Å². The summed E-state index contributed by atoms with van der Waals surface area (Å²) in [7, 11) is 3.68. The van der Waals surface area contributed by atoms with E-state index in [1.807, 2.05) is 19.0 Å². The highest BCUT2D eigenvalue weighted by Crippen LogP contribution is 2.27.